The molecule has 0 aliphatic carbocycles. The zero-order valence-electron chi connectivity index (χ0n) is 15.1. The van der Waals surface area contributed by atoms with Crippen molar-refractivity contribution in [2.75, 3.05) is 13.7 Å². The lowest BCUT2D eigenvalue weighted by Crippen LogP contribution is -2.69. The molecule has 1 aliphatic rings. The van der Waals surface area contributed by atoms with E-state index in [1.165, 1.54) is 12.0 Å². The lowest BCUT2D eigenvalue weighted by atomic mass is 9.86. The van der Waals surface area contributed by atoms with E-state index in [1.807, 2.05) is 60.7 Å². The van der Waals surface area contributed by atoms with Crippen LogP contribution in [0.2, 0.25) is 0 Å². The van der Waals surface area contributed by atoms with E-state index in [-0.39, 0.29) is 12.5 Å². The van der Waals surface area contributed by atoms with Gasteiger partial charge in [0.1, 0.15) is 6.10 Å². The molecule has 0 bridgehead atoms. The van der Waals surface area contributed by atoms with Crippen LogP contribution >= 0.6 is 0 Å². The number of carbonyl (C=O) groups is 1. The zero-order valence-corrected chi connectivity index (χ0v) is 15.1. The average molecular weight is 359 g/mol. The molecule has 27 heavy (non-hydrogen) atoms. The molecule has 1 aliphatic heterocycles. The van der Waals surface area contributed by atoms with Crippen LogP contribution in [0.1, 0.15) is 11.1 Å². The number of amides is 1. The van der Waals surface area contributed by atoms with Gasteiger partial charge in [0.25, 0.3) is 5.91 Å². The Bertz CT molecular complexity index is 905. The SMILES string of the molecule is C=C=C(c1ccccc1)[C@@H](O)[C@H]1[C@@H](OC)C(=O)N1CC#Cc1ccccc1. The molecule has 1 fully saturated rings. The number of β-lactam (4-membered cyclic amide) rings is 1. The Morgan fingerprint density at radius 1 is 1.19 bits per heavy atom. The maximum atomic E-state index is 12.4. The first kappa shape index (κ1) is 18.7. The maximum absolute atomic E-state index is 12.4. The van der Waals surface area contributed by atoms with Crippen LogP contribution in [-0.4, -0.2) is 47.8 Å². The average Bonchev–Trinajstić information content (AvgIpc) is 2.71. The number of hydrogen-bond acceptors (Lipinski definition) is 3. The van der Waals surface area contributed by atoms with Crippen LogP contribution in [0.4, 0.5) is 0 Å². The fourth-order valence-corrected chi connectivity index (χ4v) is 3.21. The Morgan fingerprint density at radius 3 is 2.41 bits per heavy atom. The molecule has 0 spiro atoms. The summed E-state index contributed by atoms with van der Waals surface area (Å²) < 4.78 is 5.30. The van der Waals surface area contributed by atoms with E-state index in [9.17, 15) is 9.90 Å². The van der Waals surface area contributed by atoms with Crippen molar-refractivity contribution in [3.05, 3.63) is 84.1 Å². The fourth-order valence-electron chi connectivity index (χ4n) is 3.21. The second kappa shape index (κ2) is 8.53. The van der Waals surface area contributed by atoms with Gasteiger partial charge in [-0.05, 0) is 17.7 Å². The summed E-state index contributed by atoms with van der Waals surface area (Å²) in [5.74, 6) is 5.85. The van der Waals surface area contributed by atoms with Crippen molar-refractivity contribution in [1.82, 2.24) is 4.90 Å². The Morgan fingerprint density at radius 2 is 1.81 bits per heavy atom. The van der Waals surface area contributed by atoms with Crippen LogP contribution < -0.4 is 0 Å². The number of carbonyl (C=O) groups excluding carboxylic acids is 1. The largest absolute Gasteiger partial charge is 0.385 e. The number of rotatable bonds is 5. The second-order valence-corrected chi connectivity index (χ2v) is 6.18. The quantitative estimate of drug-likeness (QED) is 0.507. The van der Waals surface area contributed by atoms with Crippen LogP contribution in [0.3, 0.4) is 0 Å². The summed E-state index contributed by atoms with van der Waals surface area (Å²) in [5.41, 5.74) is 5.04. The third-order valence-electron chi connectivity index (χ3n) is 4.60. The highest BCUT2D eigenvalue weighted by molar-refractivity contribution is 5.90. The Kier molecular flexibility index (Phi) is 5.90. The van der Waals surface area contributed by atoms with Gasteiger partial charge >= 0.3 is 0 Å². The molecule has 0 radical (unpaired) electrons. The number of hydrogen-bond donors (Lipinski definition) is 1. The van der Waals surface area contributed by atoms with Crippen LogP contribution in [0.15, 0.2) is 73.0 Å². The monoisotopic (exact) mass is 359 g/mol. The summed E-state index contributed by atoms with van der Waals surface area (Å²) in [7, 11) is 1.47. The minimum atomic E-state index is -0.967. The molecule has 2 aromatic rings. The molecule has 0 aromatic heterocycles. The fraction of sp³-hybridized carbons (Fsp3) is 0.217. The van der Waals surface area contributed by atoms with Crippen molar-refractivity contribution in [2.24, 2.45) is 0 Å². The van der Waals surface area contributed by atoms with Crippen molar-refractivity contribution in [2.45, 2.75) is 18.2 Å². The summed E-state index contributed by atoms with van der Waals surface area (Å²) >= 11 is 0. The first-order valence-electron chi connectivity index (χ1n) is 8.68. The van der Waals surface area contributed by atoms with Crippen molar-refractivity contribution in [3.63, 3.8) is 0 Å². The van der Waals surface area contributed by atoms with Gasteiger partial charge in [0.2, 0.25) is 0 Å². The normalized spacial score (nSPS) is 19.3. The summed E-state index contributed by atoms with van der Waals surface area (Å²) in [6.07, 6.45) is -1.67. The zero-order chi connectivity index (χ0) is 19.2. The molecular formula is C23H21NO3. The van der Waals surface area contributed by atoms with E-state index in [0.29, 0.717) is 5.57 Å². The highest BCUT2D eigenvalue weighted by Crippen LogP contribution is 2.31. The third-order valence-corrected chi connectivity index (χ3v) is 4.60. The molecule has 1 heterocycles. The number of nitrogens with zero attached hydrogens (tertiary/aromatic N) is 1. The van der Waals surface area contributed by atoms with E-state index in [1.54, 1.807) is 0 Å². The van der Waals surface area contributed by atoms with Crippen molar-refractivity contribution >= 4 is 11.5 Å². The second-order valence-electron chi connectivity index (χ2n) is 6.18. The summed E-state index contributed by atoms with van der Waals surface area (Å²) in [5, 5.41) is 10.9. The Labute approximate surface area is 159 Å². The standard InChI is InChI=1S/C23H21NO3/c1-3-19(18-14-8-5-9-15-18)21(25)20-22(27-2)23(26)24(20)16-10-13-17-11-6-4-7-12-17/h4-9,11-12,14-15,20-22,25H,1,16H2,2H3/t20-,21+,22+/m0/s1. The molecule has 1 N–H and O–H groups in total. The molecule has 1 saturated heterocycles. The molecule has 4 nitrogen and oxygen atoms in total. The molecule has 2 aromatic carbocycles. The van der Waals surface area contributed by atoms with Crippen LogP contribution in [-0.2, 0) is 9.53 Å². The highest BCUT2D eigenvalue weighted by Gasteiger charge is 2.51. The van der Waals surface area contributed by atoms with Crippen molar-refractivity contribution < 1.29 is 14.6 Å². The van der Waals surface area contributed by atoms with Gasteiger partial charge in [0.05, 0.1) is 12.6 Å². The molecule has 3 atom stereocenters. The summed E-state index contributed by atoms with van der Waals surface area (Å²) in [6.45, 7) is 3.92. The molecule has 0 saturated carbocycles. The number of likely N-dealkylation sites (tertiary alicyclic amines) is 1. The van der Waals surface area contributed by atoms with E-state index < -0.39 is 18.2 Å². The summed E-state index contributed by atoms with van der Waals surface area (Å²) in [6, 6.07) is 18.4. The molecule has 0 unspecified atom stereocenters. The topological polar surface area (TPSA) is 49.8 Å². The molecule has 4 heteroatoms. The number of methoxy groups -OCH3 is 1. The molecular weight excluding hydrogens is 338 g/mol. The van der Waals surface area contributed by atoms with Crippen LogP contribution in [0, 0.1) is 11.8 Å². The maximum Gasteiger partial charge on any atom is 0.255 e. The predicted octanol–water partition coefficient (Wildman–Crippen LogP) is 2.49. The Hall–Kier alpha value is -3.09. The summed E-state index contributed by atoms with van der Waals surface area (Å²) in [4.78, 5) is 13.9. The van der Waals surface area contributed by atoms with Crippen LogP contribution in [0.25, 0.3) is 5.57 Å². The molecule has 136 valence electrons. The Balaban J connectivity index is 1.80. The lowest BCUT2D eigenvalue weighted by Gasteiger charge is -2.47. The van der Waals surface area contributed by atoms with Gasteiger partial charge in [-0.15, -0.1) is 5.73 Å². The number of aliphatic hydroxyl groups is 1. The number of aliphatic hydroxyl groups excluding tert-OH is 1. The van der Waals surface area contributed by atoms with Gasteiger partial charge in [-0.1, -0.05) is 67.0 Å². The first-order chi connectivity index (χ1) is 13.2. The minimum Gasteiger partial charge on any atom is -0.385 e. The smallest absolute Gasteiger partial charge is 0.255 e. The van der Waals surface area contributed by atoms with E-state index in [0.717, 1.165) is 11.1 Å². The van der Waals surface area contributed by atoms with Gasteiger partial charge in [-0.2, -0.15) is 0 Å². The molecule has 3 rings (SSSR count). The number of ether oxygens (including phenoxy) is 1. The van der Waals surface area contributed by atoms with Gasteiger partial charge in [0, 0.05) is 18.2 Å². The van der Waals surface area contributed by atoms with Gasteiger partial charge in [0.15, 0.2) is 6.10 Å². The van der Waals surface area contributed by atoms with Gasteiger partial charge in [-0.3, -0.25) is 4.79 Å². The highest BCUT2D eigenvalue weighted by atomic mass is 16.5. The minimum absolute atomic E-state index is 0.180. The molecule has 1 amide bonds. The predicted molar refractivity (Wildman–Crippen MR) is 105 cm³/mol. The lowest BCUT2D eigenvalue weighted by molar-refractivity contribution is -0.175. The first-order valence-corrected chi connectivity index (χ1v) is 8.68. The van der Waals surface area contributed by atoms with Crippen molar-refractivity contribution in [3.8, 4) is 11.8 Å². The van der Waals surface area contributed by atoms with Crippen LogP contribution in [0.5, 0.6) is 0 Å². The van der Waals surface area contributed by atoms with E-state index >= 15 is 0 Å². The third kappa shape index (κ3) is 3.86. The van der Waals surface area contributed by atoms with Gasteiger partial charge < -0.3 is 14.7 Å². The van der Waals surface area contributed by atoms with E-state index in [4.69, 9.17) is 4.74 Å². The number of benzene rings is 2. The van der Waals surface area contributed by atoms with E-state index in [2.05, 4.69) is 24.2 Å². The van der Waals surface area contributed by atoms with Crippen molar-refractivity contribution in [1.29, 1.82) is 0 Å². The van der Waals surface area contributed by atoms with Gasteiger partial charge in [-0.25, -0.2) is 0 Å².